The van der Waals surface area contributed by atoms with Gasteiger partial charge in [-0.25, -0.2) is 0 Å². The summed E-state index contributed by atoms with van der Waals surface area (Å²) in [7, 11) is 4.65. The molecule has 2 aromatic carbocycles. The zero-order valence-electron chi connectivity index (χ0n) is 19.3. The first-order valence-electron chi connectivity index (χ1n) is 10.3. The fourth-order valence-electron chi connectivity index (χ4n) is 3.76. The molecule has 0 radical (unpaired) electrons. The standard InChI is InChI=1S/C25H29NO6/c1-25(2,3)23(28)20-21(16-8-10-17(30-4)11-9-16)26(24(29)22(20)27)14-15-7-12-18(31-5)19(13-15)32-6/h7-13,21,27H,14H2,1-6H3. The van der Waals surface area contributed by atoms with Gasteiger partial charge in [-0.2, -0.15) is 0 Å². The fourth-order valence-corrected chi connectivity index (χ4v) is 3.76. The molecule has 1 amide bonds. The van der Waals surface area contributed by atoms with E-state index in [4.69, 9.17) is 14.2 Å². The zero-order valence-corrected chi connectivity index (χ0v) is 19.3. The van der Waals surface area contributed by atoms with Crippen LogP contribution in [0.3, 0.4) is 0 Å². The Labute approximate surface area is 188 Å². The number of methoxy groups -OCH3 is 3. The third-order valence-electron chi connectivity index (χ3n) is 5.46. The molecule has 0 bridgehead atoms. The maximum absolute atomic E-state index is 13.3. The van der Waals surface area contributed by atoms with Gasteiger partial charge in [0, 0.05) is 12.0 Å². The van der Waals surface area contributed by atoms with Crippen LogP contribution in [0.25, 0.3) is 0 Å². The van der Waals surface area contributed by atoms with E-state index in [9.17, 15) is 14.7 Å². The normalized spacial score (nSPS) is 16.4. The van der Waals surface area contributed by atoms with Gasteiger partial charge in [-0.1, -0.05) is 39.0 Å². The predicted octanol–water partition coefficient (Wildman–Crippen LogP) is 4.22. The maximum Gasteiger partial charge on any atom is 0.290 e. The highest BCUT2D eigenvalue weighted by molar-refractivity contribution is 6.10. The first kappa shape index (κ1) is 23.2. The van der Waals surface area contributed by atoms with E-state index in [1.165, 1.54) is 12.0 Å². The van der Waals surface area contributed by atoms with Crippen LogP contribution in [0.4, 0.5) is 0 Å². The van der Waals surface area contributed by atoms with Gasteiger partial charge in [-0.15, -0.1) is 0 Å². The third-order valence-corrected chi connectivity index (χ3v) is 5.46. The summed E-state index contributed by atoms with van der Waals surface area (Å²) in [6.45, 7) is 5.47. The molecule has 7 heteroatoms. The Kier molecular flexibility index (Phi) is 6.48. The van der Waals surface area contributed by atoms with E-state index >= 15 is 0 Å². The first-order chi connectivity index (χ1) is 15.1. The number of rotatable bonds is 7. The summed E-state index contributed by atoms with van der Waals surface area (Å²) < 4.78 is 15.9. The van der Waals surface area contributed by atoms with Crippen molar-refractivity contribution < 1.29 is 28.9 Å². The Morgan fingerprint density at radius 1 is 0.969 bits per heavy atom. The minimum absolute atomic E-state index is 0.105. The van der Waals surface area contributed by atoms with E-state index in [0.717, 1.165) is 5.56 Å². The number of hydrogen-bond donors (Lipinski definition) is 1. The highest BCUT2D eigenvalue weighted by Crippen LogP contribution is 2.42. The summed E-state index contributed by atoms with van der Waals surface area (Å²) in [6.07, 6.45) is 0. The van der Waals surface area contributed by atoms with Crippen LogP contribution in [0, 0.1) is 5.41 Å². The molecule has 32 heavy (non-hydrogen) atoms. The Morgan fingerprint density at radius 3 is 2.12 bits per heavy atom. The van der Waals surface area contributed by atoms with Gasteiger partial charge in [0.1, 0.15) is 5.75 Å². The average molecular weight is 440 g/mol. The zero-order chi connectivity index (χ0) is 23.6. The molecule has 0 fully saturated rings. The molecule has 1 N–H and O–H groups in total. The Morgan fingerprint density at radius 2 is 1.59 bits per heavy atom. The summed E-state index contributed by atoms with van der Waals surface area (Å²) in [5.41, 5.74) is 0.810. The number of ketones is 1. The van der Waals surface area contributed by atoms with E-state index in [2.05, 4.69) is 0 Å². The van der Waals surface area contributed by atoms with E-state index in [0.29, 0.717) is 22.8 Å². The van der Waals surface area contributed by atoms with Crippen molar-refractivity contribution in [2.45, 2.75) is 33.4 Å². The smallest absolute Gasteiger partial charge is 0.290 e. The molecule has 7 nitrogen and oxygen atoms in total. The highest BCUT2D eigenvalue weighted by Gasteiger charge is 2.45. The number of amides is 1. The molecule has 1 heterocycles. The molecule has 170 valence electrons. The van der Waals surface area contributed by atoms with Crippen LogP contribution in [0.15, 0.2) is 53.8 Å². The van der Waals surface area contributed by atoms with Crippen LogP contribution >= 0.6 is 0 Å². The lowest BCUT2D eigenvalue weighted by molar-refractivity contribution is -0.130. The minimum Gasteiger partial charge on any atom is -0.503 e. The van der Waals surface area contributed by atoms with E-state index in [1.54, 1.807) is 71.4 Å². The van der Waals surface area contributed by atoms with Crippen LogP contribution in [0.2, 0.25) is 0 Å². The number of Topliss-reactive ketones (excluding diaryl/α,β-unsaturated/α-hetero) is 1. The maximum atomic E-state index is 13.3. The number of benzene rings is 2. The van der Waals surface area contributed by atoms with Gasteiger partial charge in [0.15, 0.2) is 23.0 Å². The number of aliphatic hydroxyl groups is 1. The highest BCUT2D eigenvalue weighted by atomic mass is 16.5. The van der Waals surface area contributed by atoms with Crippen LogP contribution in [0.5, 0.6) is 17.2 Å². The molecule has 0 spiro atoms. The summed E-state index contributed by atoms with van der Waals surface area (Å²) in [5, 5.41) is 10.8. The number of carbonyl (C=O) groups is 2. The predicted molar refractivity (Wildman–Crippen MR) is 120 cm³/mol. The van der Waals surface area contributed by atoms with Crippen molar-refractivity contribution >= 4 is 11.7 Å². The second-order valence-corrected chi connectivity index (χ2v) is 8.64. The lowest BCUT2D eigenvalue weighted by Crippen LogP contribution is -2.32. The number of aliphatic hydroxyl groups excluding tert-OH is 1. The molecule has 1 unspecified atom stereocenters. The second kappa shape index (κ2) is 8.94. The van der Waals surface area contributed by atoms with Gasteiger partial charge in [0.2, 0.25) is 0 Å². The molecule has 2 aromatic rings. The molecule has 1 aliphatic rings. The van der Waals surface area contributed by atoms with Gasteiger partial charge in [-0.3, -0.25) is 9.59 Å². The van der Waals surface area contributed by atoms with E-state index in [1.807, 2.05) is 6.07 Å². The Hall–Kier alpha value is -3.48. The molecular formula is C25H29NO6. The van der Waals surface area contributed by atoms with Gasteiger partial charge in [0.05, 0.1) is 32.9 Å². The molecule has 1 atom stereocenters. The van der Waals surface area contributed by atoms with Gasteiger partial charge in [0.25, 0.3) is 5.91 Å². The van der Waals surface area contributed by atoms with Crippen molar-refractivity contribution in [2.75, 3.05) is 21.3 Å². The molecule has 1 aliphatic heterocycles. The molecule has 0 saturated carbocycles. The SMILES string of the molecule is COc1ccc(C2C(C(=O)C(C)(C)C)=C(O)C(=O)N2Cc2ccc(OC)c(OC)c2)cc1. The number of nitrogens with zero attached hydrogens (tertiary/aromatic N) is 1. The molecule has 3 rings (SSSR count). The Balaban J connectivity index is 2.07. The van der Waals surface area contributed by atoms with Crippen molar-refractivity contribution in [2.24, 2.45) is 5.41 Å². The lowest BCUT2D eigenvalue weighted by atomic mass is 9.82. The van der Waals surface area contributed by atoms with Crippen LogP contribution < -0.4 is 14.2 Å². The largest absolute Gasteiger partial charge is 0.503 e. The molecule has 0 aliphatic carbocycles. The molecular weight excluding hydrogens is 410 g/mol. The van der Waals surface area contributed by atoms with E-state index in [-0.39, 0.29) is 17.9 Å². The fraction of sp³-hybridized carbons (Fsp3) is 0.360. The summed E-state index contributed by atoms with van der Waals surface area (Å²) in [5.74, 6) is 0.376. The van der Waals surface area contributed by atoms with Crippen LogP contribution in [0.1, 0.15) is 37.9 Å². The number of carbonyl (C=O) groups excluding carboxylic acids is 2. The summed E-state index contributed by atoms with van der Waals surface area (Å²) >= 11 is 0. The van der Waals surface area contributed by atoms with Crippen molar-refractivity contribution in [3.63, 3.8) is 0 Å². The van der Waals surface area contributed by atoms with Gasteiger partial charge in [-0.05, 0) is 35.4 Å². The van der Waals surface area contributed by atoms with E-state index < -0.39 is 23.1 Å². The van der Waals surface area contributed by atoms with Gasteiger partial charge < -0.3 is 24.2 Å². The third kappa shape index (κ3) is 4.28. The first-order valence-corrected chi connectivity index (χ1v) is 10.3. The number of ether oxygens (including phenoxy) is 3. The Bertz CT molecular complexity index is 1050. The quantitative estimate of drug-likeness (QED) is 0.695. The molecule has 0 saturated heterocycles. The van der Waals surface area contributed by atoms with Crippen LogP contribution in [-0.4, -0.2) is 43.0 Å². The van der Waals surface area contributed by atoms with Gasteiger partial charge >= 0.3 is 0 Å². The van der Waals surface area contributed by atoms with Crippen molar-refractivity contribution in [3.8, 4) is 17.2 Å². The van der Waals surface area contributed by atoms with Crippen molar-refractivity contribution in [1.82, 2.24) is 4.90 Å². The summed E-state index contributed by atoms with van der Waals surface area (Å²) in [4.78, 5) is 27.9. The molecule has 0 aromatic heterocycles. The lowest BCUT2D eigenvalue weighted by Gasteiger charge is -2.29. The monoisotopic (exact) mass is 439 g/mol. The minimum atomic E-state index is -0.770. The number of hydrogen-bond acceptors (Lipinski definition) is 6. The second-order valence-electron chi connectivity index (χ2n) is 8.64. The average Bonchev–Trinajstić information content (AvgIpc) is 3.02. The summed E-state index contributed by atoms with van der Waals surface area (Å²) in [6, 6.07) is 11.8. The van der Waals surface area contributed by atoms with Crippen molar-refractivity contribution in [3.05, 3.63) is 64.9 Å². The topological polar surface area (TPSA) is 85.3 Å². The van der Waals surface area contributed by atoms with Crippen LogP contribution in [-0.2, 0) is 16.1 Å². The van der Waals surface area contributed by atoms with Crippen molar-refractivity contribution in [1.29, 1.82) is 0 Å².